The number of carbonyl (C=O) groups excluding carboxylic acids is 1. The van der Waals surface area contributed by atoms with E-state index in [4.69, 9.17) is 5.11 Å². The fourth-order valence-corrected chi connectivity index (χ4v) is 2.89. The van der Waals surface area contributed by atoms with Crippen LogP contribution < -0.4 is 0 Å². The summed E-state index contributed by atoms with van der Waals surface area (Å²) in [7, 11) is 0. The molecule has 2 aromatic carbocycles. The van der Waals surface area contributed by atoms with Crippen LogP contribution in [0, 0.1) is 6.07 Å². The smallest absolute Gasteiger partial charge is 0.155 e. The second-order valence-corrected chi connectivity index (χ2v) is 6.48. The summed E-state index contributed by atoms with van der Waals surface area (Å²) in [5.41, 5.74) is 3.97. The Kier molecular flexibility index (Phi) is 8.60. The summed E-state index contributed by atoms with van der Waals surface area (Å²) in [6.45, 7) is 2.85. The van der Waals surface area contributed by atoms with Gasteiger partial charge in [0, 0.05) is 44.3 Å². The van der Waals surface area contributed by atoms with Gasteiger partial charge in [0.1, 0.15) is 0 Å². The Balaban J connectivity index is 0.000000350. The van der Waals surface area contributed by atoms with E-state index in [1.807, 2.05) is 48.7 Å². The molecule has 4 rings (SSSR count). The second kappa shape index (κ2) is 11.1. The van der Waals surface area contributed by atoms with E-state index in [0.717, 1.165) is 27.9 Å². The fourth-order valence-electron chi connectivity index (χ4n) is 2.89. The predicted molar refractivity (Wildman–Crippen MR) is 116 cm³/mol. The van der Waals surface area contributed by atoms with E-state index in [-0.39, 0.29) is 31.6 Å². The Bertz CT molecular complexity index is 1130. The largest absolute Gasteiger partial charge is 0.512 e. The molecule has 2 aromatic heterocycles. The maximum Gasteiger partial charge on any atom is 0.155 e. The van der Waals surface area contributed by atoms with Gasteiger partial charge in [-0.1, -0.05) is 35.9 Å². The van der Waals surface area contributed by atoms with E-state index >= 15 is 0 Å². The third-order valence-corrected chi connectivity index (χ3v) is 4.11. The van der Waals surface area contributed by atoms with Gasteiger partial charge in [0.2, 0.25) is 0 Å². The molecule has 0 amide bonds. The van der Waals surface area contributed by atoms with Gasteiger partial charge < -0.3 is 10.1 Å². The molecule has 4 nitrogen and oxygen atoms in total. The monoisotopic (exact) mass is 574 g/mol. The van der Waals surface area contributed by atoms with Crippen molar-refractivity contribution in [1.29, 1.82) is 0 Å². The molecule has 0 saturated carbocycles. The van der Waals surface area contributed by atoms with E-state index in [9.17, 15) is 4.79 Å². The van der Waals surface area contributed by atoms with Gasteiger partial charge in [0.25, 0.3) is 0 Å². The van der Waals surface area contributed by atoms with Crippen molar-refractivity contribution in [2.24, 2.45) is 0 Å². The van der Waals surface area contributed by atoms with Gasteiger partial charge >= 0.3 is 0 Å². The maximum atomic E-state index is 10.0. The molecule has 0 aliphatic heterocycles. The third-order valence-electron chi connectivity index (χ3n) is 4.11. The van der Waals surface area contributed by atoms with Crippen molar-refractivity contribution in [3.63, 3.8) is 0 Å². The van der Waals surface area contributed by atoms with Crippen LogP contribution in [0.4, 0.5) is 0 Å². The molecule has 30 heavy (non-hydrogen) atoms. The average molecular weight is 574 g/mol. The molecule has 0 fully saturated rings. The van der Waals surface area contributed by atoms with E-state index < -0.39 is 0 Å². The molecule has 0 spiro atoms. The van der Waals surface area contributed by atoms with Gasteiger partial charge in [-0.3, -0.25) is 9.78 Å². The number of fused-ring (bicyclic) bond motifs is 1. The second-order valence-electron chi connectivity index (χ2n) is 6.48. The molecule has 0 aliphatic rings. The van der Waals surface area contributed by atoms with Crippen LogP contribution in [0.2, 0.25) is 0 Å². The number of allylic oxidation sites excluding steroid dienone is 2. The zero-order chi connectivity index (χ0) is 20.6. The summed E-state index contributed by atoms with van der Waals surface area (Å²) < 4.78 is 0. The minimum Gasteiger partial charge on any atom is -0.512 e. The molecule has 1 radical (unpaired) electrons. The number of benzene rings is 2. The number of aliphatic hydroxyl groups excluding tert-OH is 1. The first kappa shape index (κ1) is 23.1. The van der Waals surface area contributed by atoms with Crippen LogP contribution in [0.15, 0.2) is 91.0 Å². The number of aliphatic hydroxyl groups is 1. The molecule has 0 atom stereocenters. The van der Waals surface area contributed by atoms with E-state index in [2.05, 4.69) is 40.3 Å². The van der Waals surface area contributed by atoms with Gasteiger partial charge in [-0.25, -0.2) is 0 Å². The summed E-state index contributed by atoms with van der Waals surface area (Å²) >= 11 is 0. The Morgan fingerprint density at radius 2 is 1.70 bits per heavy atom. The topological polar surface area (TPSA) is 63.1 Å². The summed E-state index contributed by atoms with van der Waals surface area (Å²) in [6, 6.07) is 25.6. The molecular weight excluding hydrogens is 553 g/mol. The number of nitrogens with zero attached hydrogens (tertiary/aromatic N) is 2. The SMILES string of the molecule is CC(=O)/C=C(/C)O.[Ir].[c-]1cc(-c2ccccn2)ccc1-c1nccc2ccccc12. The van der Waals surface area contributed by atoms with Crippen molar-refractivity contribution in [2.75, 3.05) is 0 Å². The molecule has 4 aromatic rings. The fraction of sp³-hybridized carbons (Fsp3) is 0.0800. The van der Waals surface area contributed by atoms with Gasteiger partial charge in [0.15, 0.2) is 5.78 Å². The molecular formula is C25H21IrN2O2-. The number of rotatable bonds is 3. The first-order valence-electron chi connectivity index (χ1n) is 9.19. The number of aromatic nitrogens is 2. The van der Waals surface area contributed by atoms with Gasteiger partial charge in [-0.2, -0.15) is 0 Å². The molecule has 0 bridgehead atoms. The maximum absolute atomic E-state index is 10.0. The average Bonchev–Trinajstić information content (AvgIpc) is 2.74. The van der Waals surface area contributed by atoms with Crippen LogP contribution in [0.25, 0.3) is 33.3 Å². The summed E-state index contributed by atoms with van der Waals surface area (Å²) in [5, 5.41) is 10.7. The molecule has 5 heteroatoms. The minimum atomic E-state index is -0.125. The van der Waals surface area contributed by atoms with E-state index in [0.29, 0.717) is 0 Å². The van der Waals surface area contributed by atoms with Crippen LogP contribution >= 0.6 is 0 Å². The Morgan fingerprint density at radius 3 is 2.30 bits per heavy atom. The number of pyridine rings is 2. The quantitative estimate of drug-likeness (QED) is 0.191. The number of hydrogen-bond acceptors (Lipinski definition) is 4. The van der Waals surface area contributed by atoms with Crippen molar-refractivity contribution in [3.8, 4) is 22.5 Å². The summed E-state index contributed by atoms with van der Waals surface area (Å²) in [5.74, 6) is -0.0625. The Hall–Kier alpha value is -3.14. The Labute approximate surface area is 189 Å². The standard InChI is InChI=1S/C20H13N2.C5H8O2.Ir/c1-2-6-18-15(5-1)12-14-22-20(18)17-10-8-16(9-11-17)19-7-3-4-13-21-19;1-4(6)3-5(2)7;/h1-10,12-14H;3,6H,1-2H3;/q-1;;/b;4-3-;. The van der Waals surface area contributed by atoms with E-state index in [1.54, 1.807) is 6.20 Å². The molecule has 153 valence electrons. The summed E-state index contributed by atoms with van der Waals surface area (Å²) in [6.07, 6.45) is 4.81. The van der Waals surface area contributed by atoms with Crippen LogP contribution in [-0.2, 0) is 24.9 Å². The van der Waals surface area contributed by atoms with Crippen LogP contribution in [0.1, 0.15) is 13.8 Å². The normalized spacial score (nSPS) is 10.5. The molecule has 0 saturated heterocycles. The molecule has 2 heterocycles. The van der Waals surface area contributed by atoms with Crippen LogP contribution in [0.5, 0.6) is 0 Å². The van der Waals surface area contributed by atoms with Gasteiger partial charge in [0.05, 0.1) is 5.76 Å². The number of carbonyl (C=O) groups is 1. The van der Waals surface area contributed by atoms with Crippen LogP contribution in [-0.4, -0.2) is 20.9 Å². The van der Waals surface area contributed by atoms with Crippen molar-refractivity contribution in [2.45, 2.75) is 13.8 Å². The molecule has 1 N–H and O–H groups in total. The number of ketones is 1. The zero-order valence-corrected chi connectivity index (χ0v) is 19.1. The van der Waals surface area contributed by atoms with Crippen molar-refractivity contribution < 1.29 is 30.0 Å². The minimum absolute atomic E-state index is 0. The first-order valence-corrected chi connectivity index (χ1v) is 9.19. The van der Waals surface area contributed by atoms with Crippen molar-refractivity contribution >= 4 is 16.6 Å². The van der Waals surface area contributed by atoms with Gasteiger partial charge in [-0.05, 0) is 48.5 Å². The third kappa shape index (κ3) is 6.18. The molecule has 0 unspecified atom stereocenters. The molecule has 0 aliphatic carbocycles. The Morgan fingerprint density at radius 1 is 0.933 bits per heavy atom. The van der Waals surface area contributed by atoms with Crippen LogP contribution in [0.3, 0.4) is 0 Å². The summed E-state index contributed by atoms with van der Waals surface area (Å²) in [4.78, 5) is 18.9. The van der Waals surface area contributed by atoms with Crippen molar-refractivity contribution in [1.82, 2.24) is 9.97 Å². The first-order chi connectivity index (χ1) is 14.0. The zero-order valence-electron chi connectivity index (χ0n) is 16.7. The van der Waals surface area contributed by atoms with E-state index in [1.165, 1.54) is 25.3 Å². The van der Waals surface area contributed by atoms with Crippen molar-refractivity contribution in [3.05, 3.63) is 97.0 Å². The predicted octanol–water partition coefficient (Wildman–Crippen LogP) is 5.80. The number of hydrogen-bond donors (Lipinski definition) is 1. The van der Waals surface area contributed by atoms with Gasteiger partial charge in [-0.15, -0.1) is 29.8 Å².